The van der Waals surface area contributed by atoms with Crippen LogP contribution in [0.1, 0.15) is 67.6 Å². The number of alkyl halides is 3. The molecule has 2 aliphatic rings. The second-order valence-corrected chi connectivity index (χ2v) is 13.5. The number of likely N-dealkylation sites (tertiary alicyclic amines) is 1. The van der Waals surface area contributed by atoms with Crippen LogP contribution in [0.3, 0.4) is 0 Å². The van der Waals surface area contributed by atoms with Gasteiger partial charge in [0.1, 0.15) is 23.6 Å². The zero-order valence-electron chi connectivity index (χ0n) is 28.7. The monoisotopic (exact) mass is 691 g/mol. The third kappa shape index (κ3) is 7.44. The van der Waals surface area contributed by atoms with Crippen LogP contribution in [0, 0.1) is 0 Å². The molecule has 14 heteroatoms. The van der Waals surface area contributed by atoms with Crippen molar-refractivity contribution in [2.75, 3.05) is 29.9 Å². The number of hydrogen-bond donors (Lipinski definition) is 1. The first-order valence-corrected chi connectivity index (χ1v) is 16.6. The van der Waals surface area contributed by atoms with Crippen LogP contribution in [-0.2, 0) is 35.8 Å². The Bertz CT molecular complexity index is 1900. The van der Waals surface area contributed by atoms with Gasteiger partial charge in [0.2, 0.25) is 0 Å². The lowest BCUT2D eigenvalue weighted by Crippen LogP contribution is -2.43. The standard InChI is InChI=1S/C36H40F3N7O4/c1-6-40-30-17-23(25-9-7-8-10-26(25)32-43-41-21-44(32)5)18-31(42-30)46-19-28-27(33(46)47)15-22(16-29(28)36(37,38)39)20-49-24-11-13-45(14-12-24)34(48)50-35(2,3)4/h7-10,15-18,21,24H,6,11-14,19-20H2,1-5H3,(H,40,42). The molecule has 50 heavy (non-hydrogen) atoms. The predicted molar refractivity (Wildman–Crippen MR) is 181 cm³/mol. The van der Waals surface area contributed by atoms with Gasteiger partial charge in [0.25, 0.3) is 5.91 Å². The lowest BCUT2D eigenvalue weighted by atomic mass is 9.99. The predicted octanol–water partition coefficient (Wildman–Crippen LogP) is 7.07. The molecule has 1 N–H and O–H groups in total. The molecule has 1 saturated heterocycles. The molecular formula is C36H40F3N7O4. The highest BCUT2D eigenvalue weighted by molar-refractivity contribution is 6.10. The number of piperidine rings is 1. The molecule has 0 aliphatic carbocycles. The number of pyridine rings is 1. The number of benzene rings is 2. The quantitative estimate of drug-likeness (QED) is 0.209. The van der Waals surface area contributed by atoms with Gasteiger partial charge in [-0.1, -0.05) is 24.3 Å². The van der Waals surface area contributed by atoms with E-state index >= 15 is 0 Å². The van der Waals surface area contributed by atoms with E-state index in [4.69, 9.17) is 9.47 Å². The van der Waals surface area contributed by atoms with Gasteiger partial charge in [-0.3, -0.25) is 9.69 Å². The first kappa shape index (κ1) is 34.9. The van der Waals surface area contributed by atoms with Crippen molar-refractivity contribution in [3.05, 3.63) is 77.1 Å². The van der Waals surface area contributed by atoms with Gasteiger partial charge < -0.3 is 24.3 Å². The van der Waals surface area contributed by atoms with Gasteiger partial charge in [-0.25, -0.2) is 9.78 Å². The van der Waals surface area contributed by atoms with Crippen LogP contribution < -0.4 is 10.2 Å². The molecule has 264 valence electrons. The number of halogens is 3. The fourth-order valence-corrected chi connectivity index (χ4v) is 6.27. The number of fused-ring (bicyclic) bond motifs is 1. The third-order valence-electron chi connectivity index (χ3n) is 8.62. The van der Waals surface area contributed by atoms with E-state index in [1.54, 1.807) is 42.6 Å². The summed E-state index contributed by atoms with van der Waals surface area (Å²) in [5.41, 5.74) is 0.913. The third-order valence-corrected chi connectivity index (χ3v) is 8.62. The number of anilines is 2. The van der Waals surface area contributed by atoms with Crippen LogP contribution in [0.25, 0.3) is 22.5 Å². The van der Waals surface area contributed by atoms with Gasteiger partial charge in [-0.2, -0.15) is 13.2 Å². The highest BCUT2D eigenvalue weighted by Crippen LogP contribution is 2.41. The Labute approximate surface area is 288 Å². The van der Waals surface area contributed by atoms with Crippen molar-refractivity contribution in [3.8, 4) is 22.5 Å². The summed E-state index contributed by atoms with van der Waals surface area (Å²) in [7, 11) is 1.83. The number of aryl methyl sites for hydroxylation is 1. The first-order valence-electron chi connectivity index (χ1n) is 16.6. The minimum absolute atomic E-state index is 0.0325. The van der Waals surface area contributed by atoms with Crippen molar-refractivity contribution in [1.29, 1.82) is 0 Å². The van der Waals surface area contributed by atoms with E-state index in [2.05, 4.69) is 20.5 Å². The minimum Gasteiger partial charge on any atom is -0.444 e. The number of rotatable bonds is 8. The lowest BCUT2D eigenvalue weighted by molar-refractivity contribution is -0.138. The molecule has 2 aromatic carbocycles. The maximum absolute atomic E-state index is 14.5. The largest absolute Gasteiger partial charge is 0.444 e. The first-order chi connectivity index (χ1) is 23.7. The van der Waals surface area contributed by atoms with Crippen molar-refractivity contribution >= 4 is 23.6 Å². The number of carbonyl (C=O) groups excluding carboxylic acids is 2. The summed E-state index contributed by atoms with van der Waals surface area (Å²) in [4.78, 5) is 33.9. The van der Waals surface area contributed by atoms with Gasteiger partial charge in [0.05, 0.1) is 24.8 Å². The van der Waals surface area contributed by atoms with Gasteiger partial charge >= 0.3 is 12.3 Å². The van der Waals surface area contributed by atoms with Crippen molar-refractivity contribution < 1.29 is 32.2 Å². The Morgan fingerprint density at radius 3 is 2.38 bits per heavy atom. The molecule has 0 unspecified atom stereocenters. The lowest BCUT2D eigenvalue weighted by Gasteiger charge is -2.33. The van der Waals surface area contributed by atoms with E-state index in [9.17, 15) is 22.8 Å². The Kier molecular flexibility index (Phi) is 9.58. The summed E-state index contributed by atoms with van der Waals surface area (Å²) in [6.45, 7) is 8.26. The Hall–Kier alpha value is -4.98. The average molecular weight is 692 g/mol. The molecule has 0 radical (unpaired) electrons. The summed E-state index contributed by atoms with van der Waals surface area (Å²) < 4.78 is 56.8. The highest BCUT2D eigenvalue weighted by Gasteiger charge is 2.41. The number of nitrogens with zero attached hydrogens (tertiary/aromatic N) is 6. The maximum Gasteiger partial charge on any atom is 0.416 e. The Morgan fingerprint density at radius 1 is 1.02 bits per heavy atom. The van der Waals surface area contributed by atoms with E-state index in [-0.39, 0.29) is 41.8 Å². The van der Waals surface area contributed by atoms with Crippen LogP contribution in [-0.4, -0.2) is 68.0 Å². The summed E-state index contributed by atoms with van der Waals surface area (Å²) in [5.74, 6) is 0.743. The van der Waals surface area contributed by atoms with Crippen molar-refractivity contribution in [1.82, 2.24) is 24.6 Å². The number of nitrogens with one attached hydrogen (secondary N) is 1. The molecule has 11 nitrogen and oxygen atoms in total. The van der Waals surface area contributed by atoms with Gasteiger partial charge in [-0.05, 0) is 87.1 Å². The van der Waals surface area contributed by atoms with E-state index < -0.39 is 29.3 Å². The van der Waals surface area contributed by atoms with Crippen LogP contribution in [0.15, 0.2) is 54.9 Å². The normalized spacial score (nSPS) is 15.4. The summed E-state index contributed by atoms with van der Waals surface area (Å²) >= 11 is 0. The number of aromatic nitrogens is 4. The second-order valence-electron chi connectivity index (χ2n) is 13.5. The van der Waals surface area contributed by atoms with Crippen molar-refractivity contribution in [2.45, 2.75) is 71.6 Å². The van der Waals surface area contributed by atoms with Crippen LogP contribution >= 0.6 is 0 Å². The molecule has 1 fully saturated rings. The summed E-state index contributed by atoms with van der Waals surface area (Å²) in [5, 5.41) is 11.4. The molecular weight excluding hydrogens is 651 g/mol. The fourth-order valence-electron chi connectivity index (χ4n) is 6.27. The van der Waals surface area contributed by atoms with Crippen LogP contribution in [0.5, 0.6) is 0 Å². The maximum atomic E-state index is 14.5. The van der Waals surface area contributed by atoms with E-state index in [0.29, 0.717) is 49.7 Å². The minimum atomic E-state index is -4.70. The Morgan fingerprint density at radius 2 is 1.74 bits per heavy atom. The average Bonchev–Trinajstić information content (AvgIpc) is 3.64. The smallest absolute Gasteiger partial charge is 0.416 e. The van der Waals surface area contributed by atoms with Gasteiger partial charge in [0.15, 0.2) is 5.82 Å². The highest BCUT2D eigenvalue weighted by atomic mass is 19.4. The summed E-state index contributed by atoms with van der Waals surface area (Å²) in [6, 6.07) is 13.7. The van der Waals surface area contributed by atoms with Crippen molar-refractivity contribution in [3.63, 3.8) is 0 Å². The van der Waals surface area contributed by atoms with Gasteiger partial charge in [0, 0.05) is 37.8 Å². The Balaban J connectivity index is 1.26. The fraction of sp³-hybridized carbons (Fsp3) is 0.417. The zero-order valence-corrected chi connectivity index (χ0v) is 28.7. The molecule has 0 bridgehead atoms. The molecule has 2 amide bonds. The van der Waals surface area contributed by atoms with Crippen LogP contribution in [0.4, 0.5) is 29.6 Å². The number of carbonyl (C=O) groups is 2. The topological polar surface area (TPSA) is 115 Å². The molecule has 2 aliphatic heterocycles. The molecule has 0 spiro atoms. The number of amides is 2. The number of ether oxygens (including phenoxy) is 2. The van der Waals surface area contributed by atoms with Gasteiger partial charge in [-0.15, -0.1) is 10.2 Å². The SMILES string of the molecule is CCNc1cc(-c2ccccc2-c2nncn2C)cc(N2Cc3c(cc(COC4CCN(C(=O)OC(C)(C)C)CC4)cc3C(F)(F)F)C2=O)n1. The van der Waals surface area contributed by atoms with E-state index in [1.807, 2.05) is 44.3 Å². The number of hydrogen-bond acceptors (Lipinski definition) is 8. The second kappa shape index (κ2) is 13.7. The van der Waals surface area contributed by atoms with Crippen LogP contribution in [0.2, 0.25) is 0 Å². The molecule has 4 heterocycles. The van der Waals surface area contributed by atoms with E-state index in [0.717, 1.165) is 17.2 Å². The molecule has 4 aromatic rings. The molecule has 6 rings (SSSR count). The van der Waals surface area contributed by atoms with Crippen molar-refractivity contribution in [2.24, 2.45) is 7.05 Å². The van der Waals surface area contributed by atoms with E-state index in [1.165, 1.54) is 11.0 Å². The molecule has 0 atom stereocenters. The zero-order chi connectivity index (χ0) is 35.8. The molecule has 2 aromatic heterocycles. The summed E-state index contributed by atoms with van der Waals surface area (Å²) in [6.07, 6.45) is -2.74. The molecule has 0 saturated carbocycles.